The summed E-state index contributed by atoms with van der Waals surface area (Å²) < 4.78 is 5.30. The van der Waals surface area contributed by atoms with Crippen LogP contribution < -0.4 is 4.74 Å². The van der Waals surface area contributed by atoms with Crippen LogP contribution in [0, 0.1) is 11.8 Å². The smallest absolute Gasteiger partial charge is 0.118 e. The standard InChI is InChI=1S/C19H29NO2/c1-13-11-19(4,14-7-9-15(21-6)10-8-14)12-16-17(13)20(5)22-18(16,2)3/h7-10,13,16-17H,11-12H2,1-6H3/t13?,16-,17-,19-/m1/s1. The van der Waals surface area contributed by atoms with Crippen LogP contribution in [0.5, 0.6) is 5.75 Å². The first kappa shape index (κ1) is 15.8. The molecule has 0 spiro atoms. The van der Waals surface area contributed by atoms with E-state index in [1.165, 1.54) is 18.4 Å². The molecule has 1 aliphatic carbocycles. The lowest BCUT2D eigenvalue weighted by Gasteiger charge is -2.46. The first-order valence-corrected chi connectivity index (χ1v) is 8.33. The van der Waals surface area contributed by atoms with Crippen LogP contribution in [0.4, 0.5) is 0 Å². The van der Waals surface area contributed by atoms with Crippen molar-refractivity contribution in [2.75, 3.05) is 14.2 Å². The molecule has 1 saturated heterocycles. The molecule has 1 aliphatic heterocycles. The van der Waals surface area contributed by atoms with Crippen molar-refractivity contribution in [1.82, 2.24) is 5.06 Å². The average molecular weight is 303 g/mol. The molecule has 2 aliphatic rings. The van der Waals surface area contributed by atoms with E-state index in [-0.39, 0.29) is 11.0 Å². The molecular formula is C19H29NO2. The molecule has 1 heterocycles. The number of nitrogens with zero attached hydrogens (tertiary/aromatic N) is 1. The van der Waals surface area contributed by atoms with E-state index in [0.29, 0.717) is 17.9 Å². The fourth-order valence-corrected chi connectivity index (χ4v) is 4.91. The molecule has 1 saturated carbocycles. The molecule has 0 N–H and O–H groups in total. The van der Waals surface area contributed by atoms with Gasteiger partial charge in [0, 0.05) is 19.0 Å². The zero-order valence-electron chi connectivity index (χ0n) is 14.7. The predicted octanol–water partition coefficient (Wildman–Crippen LogP) is 4.02. The first-order chi connectivity index (χ1) is 10.3. The zero-order valence-corrected chi connectivity index (χ0v) is 14.7. The van der Waals surface area contributed by atoms with Gasteiger partial charge in [-0.1, -0.05) is 26.0 Å². The fraction of sp³-hybridized carbons (Fsp3) is 0.684. The zero-order chi connectivity index (χ0) is 16.1. The van der Waals surface area contributed by atoms with Gasteiger partial charge in [0.15, 0.2) is 0 Å². The molecule has 3 heteroatoms. The van der Waals surface area contributed by atoms with E-state index in [4.69, 9.17) is 9.57 Å². The Morgan fingerprint density at radius 1 is 1.14 bits per heavy atom. The van der Waals surface area contributed by atoms with Gasteiger partial charge in [-0.2, -0.15) is 5.06 Å². The summed E-state index contributed by atoms with van der Waals surface area (Å²) in [5.74, 6) is 2.12. The highest BCUT2D eigenvalue weighted by Gasteiger charge is 2.55. The lowest BCUT2D eigenvalue weighted by molar-refractivity contribution is -0.182. The van der Waals surface area contributed by atoms with Crippen LogP contribution in [0.15, 0.2) is 24.3 Å². The number of methoxy groups -OCH3 is 1. The summed E-state index contributed by atoms with van der Waals surface area (Å²) in [7, 11) is 3.82. The van der Waals surface area contributed by atoms with Crippen molar-refractivity contribution >= 4 is 0 Å². The fourth-order valence-electron chi connectivity index (χ4n) is 4.91. The third kappa shape index (κ3) is 2.44. The normalized spacial score (nSPS) is 37.8. The third-order valence-corrected chi connectivity index (χ3v) is 5.92. The van der Waals surface area contributed by atoms with Gasteiger partial charge in [0.2, 0.25) is 0 Å². The van der Waals surface area contributed by atoms with Gasteiger partial charge >= 0.3 is 0 Å². The molecule has 1 aromatic carbocycles. The van der Waals surface area contributed by atoms with E-state index in [9.17, 15) is 0 Å². The summed E-state index contributed by atoms with van der Waals surface area (Å²) in [4.78, 5) is 6.15. The van der Waals surface area contributed by atoms with Crippen LogP contribution in [0.1, 0.15) is 46.1 Å². The van der Waals surface area contributed by atoms with Crippen molar-refractivity contribution in [3.8, 4) is 5.75 Å². The van der Waals surface area contributed by atoms with E-state index in [2.05, 4.69) is 64.1 Å². The molecule has 3 nitrogen and oxygen atoms in total. The Kier molecular flexibility index (Phi) is 3.77. The number of hydroxylamine groups is 2. The molecule has 0 bridgehead atoms. The Balaban J connectivity index is 1.92. The van der Waals surface area contributed by atoms with Gasteiger partial charge in [-0.15, -0.1) is 0 Å². The second kappa shape index (κ2) is 5.24. The number of ether oxygens (including phenoxy) is 1. The van der Waals surface area contributed by atoms with Gasteiger partial charge in [-0.25, -0.2) is 0 Å². The van der Waals surface area contributed by atoms with E-state index in [1.54, 1.807) is 7.11 Å². The Labute approximate surface area is 134 Å². The Hall–Kier alpha value is -1.06. The maximum atomic E-state index is 6.15. The summed E-state index contributed by atoms with van der Waals surface area (Å²) >= 11 is 0. The van der Waals surface area contributed by atoms with Crippen molar-refractivity contribution in [2.45, 2.75) is 57.6 Å². The second-order valence-electron chi connectivity index (χ2n) is 8.01. The van der Waals surface area contributed by atoms with Crippen molar-refractivity contribution in [2.24, 2.45) is 11.8 Å². The average Bonchev–Trinajstić information content (AvgIpc) is 2.68. The van der Waals surface area contributed by atoms with Gasteiger partial charge in [0.1, 0.15) is 5.75 Å². The largest absolute Gasteiger partial charge is 0.497 e. The van der Waals surface area contributed by atoms with Crippen LogP contribution in [0.25, 0.3) is 0 Å². The van der Waals surface area contributed by atoms with Gasteiger partial charge in [0.25, 0.3) is 0 Å². The lowest BCUT2D eigenvalue weighted by Crippen LogP contribution is -2.48. The molecule has 1 unspecified atom stereocenters. The van der Waals surface area contributed by atoms with Crippen molar-refractivity contribution in [3.05, 3.63) is 29.8 Å². The minimum Gasteiger partial charge on any atom is -0.497 e. The Morgan fingerprint density at radius 2 is 1.77 bits per heavy atom. The summed E-state index contributed by atoms with van der Waals surface area (Å²) in [6.45, 7) is 9.26. The SMILES string of the molecule is COc1ccc([C@]2(C)CC(C)[C@@H]3[C@@H](C2)C(C)(C)ON3C)cc1. The molecule has 0 aromatic heterocycles. The molecule has 122 valence electrons. The summed E-state index contributed by atoms with van der Waals surface area (Å²) in [6.07, 6.45) is 2.37. The molecular weight excluding hydrogens is 274 g/mol. The molecule has 22 heavy (non-hydrogen) atoms. The Bertz CT molecular complexity index is 539. The molecule has 3 rings (SSSR count). The van der Waals surface area contributed by atoms with Gasteiger partial charge in [0.05, 0.1) is 12.7 Å². The Morgan fingerprint density at radius 3 is 2.36 bits per heavy atom. The van der Waals surface area contributed by atoms with Crippen LogP contribution >= 0.6 is 0 Å². The van der Waals surface area contributed by atoms with Gasteiger partial charge in [-0.05, 0) is 55.7 Å². The van der Waals surface area contributed by atoms with E-state index in [1.807, 2.05) is 0 Å². The lowest BCUT2D eigenvalue weighted by atomic mass is 9.59. The molecule has 2 fully saturated rings. The van der Waals surface area contributed by atoms with Crippen LogP contribution in [-0.2, 0) is 10.3 Å². The van der Waals surface area contributed by atoms with E-state index in [0.717, 1.165) is 5.75 Å². The predicted molar refractivity (Wildman–Crippen MR) is 88.9 cm³/mol. The van der Waals surface area contributed by atoms with Crippen molar-refractivity contribution in [3.63, 3.8) is 0 Å². The number of hydrogen-bond donors (Lipinski definition) is 0. The monoisotopic (exact) mass is 303 g/mol. The summed E-state index contributed by atoms with van der Waals surface area (Å²) in [5.41, 5.74) is 1.55. The van der Waals surface area contributed by atoms with Crippen LogP contribution in [0.3, 0.4) is 0 Å². The summed E-state index contributed by atoms with van der Waals surface area (Å²) in [5, 5.41) is 2.11. The third-order valence-electron chi connectivity index (χ3n) is 5.92. The van der Waals surface area contributed by atoms with E-state index >= 15 is 0 Å². The second-order valence-corrected chi connectivity index (χ2v) is 8.01. The number of benzene rings is 1. The van der Waals surface area contributed by atoms with Gasteiger partial charge < -0.3 is 4.74 Å². The molecule has 0 amide bonds. The maximum absolute atomic E-state index is 6.15. The number of rotatable bonds is 2. The van der Waals surface area contributed by atoms with Gasteiger partial charge in [-0.3, -0.25) is 4.84 Å². The quantitative estimate of drug-likeness (QED) is 0.823. The topological polar surface area (TPSA) is 21.7 Å². The van der Waals surface area contributed by atoms with Crippen molar-refractivity contribution in [1.29, 1.82) is 0 Å². The highest BCUT2D eigenvalue weighted by Crippen LogP contribution is 2.53. The number of fused-ring (bicyclic) bond motifs is 1. The maximum Gasteiger partial charge on any atom is 0.118 e. The minimum atomic E-state index is -0.0815. The summed E-state index contributed by atoms with van der Waals surface area (Å²) in [6, 6.07) is 9.16. The highest BCUT2D eigenvalue weighted by atomic mass is 16.7. The van der Waals surface area contributed by atoms with Crippen LogP contribution in [-0.4, -0.2) is 30.9 Å². The van der Waals surface area contributed by atoms with Crippen LogP contribution in [0.2, 0.25) is 0 Å². The number of hydrogen-bond acceptors (Lipinski definition) is 3. The van der Waals surface area contributed by atoms with Crippen molar-refractivity contribution < 1.29 is 9.57 Å². The molecule has 1 aromatic rings. The minimum absolute atomic E-state index is 0.0815. The molecule has 4 atom stereocenters. The molecule has 0 radical (unpaired) electrons. The first-order valence-electron chi connectivity index (χ1n) is 8.33. The highest BCUT2D eigenvalue weighted by molar-refractivity contribution is 5.33. The van der Waals surface area contributed by atoms with E-state index < -0.39 is 0 Å².